The zero-order valence-electron chi connectivity index (χ0n) is 35.4. The number of nitrogens with zero attached hydrogens (tertiary/aromatic N) is 2. The van der Waals surface area contributed by atoms with Gasteiger partial charge in [-0.15, -0.1) is 11.3 Å². The highest BCUT2D eigenvalue weighted by atomic mass is 32.1. The molecule has 63 heavy (non-hydrogen) atoms. The van der Waals surface area contributed by atoms with Crippen molar-refractivity contribution in [2.45, 2.75) is 26.2 Å². The summed E-state index contributed by atoms with van der Waals surface area (Å²) in [4.78, 5) is 2.48. The fourth-order valence-electron chi connectivity index (χ4n) is 10.2. The average molecular weight is 823 g/mol. The number of thiophene rings is 1. The first-order valence-electron chi connectivity index (χ1n) is 21.9. The van der Waals surface area contributed by atoms with Gasteiger partial charge in [-0.25, -0.2) is 0 Å². The van der Waals surface area contributed by atoms with Crippen LogP contribution in [-0.2, 0) is 5.41 Å². The Morgan fingerprint density at radius 3 is 1.62 bits per heavy atom. The largest absolute Gasteiger partial charge is 0.310 e. The summed E-state index contributed by atoms with van der Waals surface area (Å²) in [7, 11) is 0. The van der Waals surface area contributed by atoms with Gasteiger partial charge in [0.15, 0.2) is 0 Å². The topological polar surface area (TPSA) is 8.17 Å². The van der Waals surface area contributed by atoms with Crippen LogP contribution >= 0.6 is 11.3 Å². The van der Waals surface area contributed by atoms with Gasteiger partial charge >= 0.3 is 0 Å². The van der Waals surface area contributed by atoms with E-state index in [4.69, 9.17) is 0 Å². The molecule has 0 atom stereocenters. The van der Waals surface area contributed by atoms with Crippen molar-refractivity contribution in [3.8, 4) is 39.1 Å². The molecule has 10 aromatic carbocycles. The zero-order valence-corrected chi connectivity index (χ0v) is 36.2. The molecule has 0 amide bonds. The molecular formula is C60H42N2S. The second-order valence-electron chi connectivity index (χ2n) is 18.2. The van der Waals surface area contributed by atoms with E-state index < -0.39 is 0 Å². The van der Waals surface area contributed by atoms with E-state index in [2.05, 4.69) is 230 Å². The molecular weight excluding hydrogens is 781 g/mol. The minimum atomic E-state index is 0.0497. The molecule has 2 aromatic heterocycles. The number of rotatable bonds is 5. The highest BCUT2D eigenvalue weighted by Gasteiger charge is 2.26. The molecule has 12 aromatic rings. The van der Waals surface area contributed by atoms with E-state index in [1.165, 1.54) is 114 Å². The molecule has 13 rings (SSSR count). The van der Waals surface area contributed by atoms with Gasteiger partial charge in [-0.3, -0.25) is 0 Å². The number of hydrogen-bond acceptors (Lipinski definition) is 2. The lowest BCUT2D eigenvalue weighted by atomic mass is 9.78. The molecule has 2 heterocycles. The predicted octanol–water partition coefficient (Wildman–Crippen LogP) is 17.5. The highest BCUT2D eigenvalue weighted by Crippen LogP contribution is 2.52. The van der Waals surface area contributed by atoms with Crippen molar-refractivity contribution in [3.63, 3.8) is 0 Å². The van der Waals surface area contributed by atoms with Crippen molar-refractivity contribution >= 4 is 91.9 Å². The monoisotopic (exact) mass is 822 g/mol. The molecule has 0 fully saturated rings. The summed E-state index contributed by atoms with van der Waals surface area (Å²) in [6.45, 7) is 6.86. The summed E-state index contributed by atoms with van der Waals surface area (Å²) in [5, 5.41) is 10.1. The van der Waals surface area contributed by atoms with Crippen molar-refractivity contribution in [1.29, 1.82) is 0 Å². The van der Waals surface area contributed by atoms with E-state index in [1.807, 2.05) is 11.3 Å². The molecule has 1 aliphatic carbocycles. The fraction of sp³-hybridized carbons (Fsp3) is 0.0667. The third-order valence-electron chi connectivity index (χ3n) is 13.4. The number of anilines is 3. The molecule has 0 aliphatic heterocycles. The Morgan fingerprint density at radius 2 is 0.952 bits per heavy atom. The molecule has 0 N–H and O–H groups in total. The summed E-state index contributed by atoms with van der Waals surface area (Å²) in [6.07, 6.45) is 0. The molecule has 298 valence electrons. The van der Waals surface area contributed by atoms with Crippen LogP contribution in [0.4, 0.5) is 17.1 Å². The molecule has 0 radical (unpaired) electrons. The van der Waals surface area contributed by atoms with Crippen molar-refractivity contribution in [3.05, 3.63) is 206 Å². The first-order valence-corrected chi connectivity index (χ1v) is 22.7. The van der Waals surface area contributed by atoms with Crippen LogP contribution in [0.2, 0.25) is 0 Å². The normalized spacial score (nSPS) is 12.4. The van der Waals surface area contributed by atoms with Crippen molar-refractivity contribution in [2.75, 3.05) is 4.90 Å². The molecule has 1 aliphatic rings. The van der Waals surface area contributed by atoms with E-state index in [-0.39, 0.29) is 5.41 Å². The zero-order chi connectivity index (χ0) is 42.0. The summed E-state index contributed by atoms with van der Waals surface area (Å²) >= 11 is 1.87. The van der Waals surface area contributed by atoms with Crippen molar-refractivity contribution < 1.29 is 0 Å². The lowest BCUT2D eigenvalue weighted by Crippen LogP contribution is -2.14. The first kappa shape index (κ1) is 36.2. The van der Waals surface area contributed by atoms with E-state index in [1.54, 1.807) is 0 Å². The van der Waals surface area contributed by atoms with E-state index in [9.17, 15) is 0 Å². The average Bonchev–Trinajstić information content (AvgIpc) is 3.85. The summed E-state index contributed by atoms with van der Waals surface area (Å²) in [5.41, 5.74) is 16.2. The van der Waals surface area contributed by atoms with Crippen LogP contribution in [0, 0.1) is 0 Å². The van der Waals surface area contributed by atoms with Crippen LogP contribution in [0.5, 0.6) is 0 Å². The Bertz CT molecular complexity index is 3770. The van der Waals surface area contributed by atoms with Gasteiger partial charge in [0.1, 0.15) is 0 Å². The first-order chi connectivity index (χ1) is 30.8. The van der Waals surface area contributed by atoms with Gasteiger partial charge in [-0.1, -0.05) is 130 Å². The van der Waals surface area contributed by atoms with Gasteiger partial charge in [0.05, 0.1) is 16.7 Å². The Labute approximate surface area is 370 Å². The number of aromatic nitrogens is 1. The third kappa shape index (κ3) is 5.63. The van der Waals surface area contributed by atoms with Crippen molar-refractivity contribution in [2.24, 2.45) is 0 Å². The fourth-order valence-corrected chi connectivity index (χ4v) is 11.3. The number of para-hydroxylation sites is 2. The smallest absolute Gasteiger partial charge is 0.0547 e. The van der Waals surface area contributed by atoms with Crippen LogP contribution in [0.25, 0.3) is 103 Å². The maximum Gasteiger partial charge on any atom is 0.0547 e. The van der Waals surface area contributed by atoms with Gasteiger partial charge in [0, 0.05) is 53.6 Å². The van der Waals surface area contributed by atoms with Gasteiger partial charge in [0.25, 0.3) is 0 Å². The molecule has 2 nitrogen and oxygen atoms in total. The molecule has 0 unspecified atom stereocenters. The molecule has 3 heteroatoms. The Kier molecular flexibility index (Phi) is 7.77. The van der Waals surface area contributed by atoms with Crippen LogP contribution in [-0.4, -0.2) is 4.57 Å². The number of hydrogen-bond donors (Lipinski definition) is 0. The Balaban J connectivity index is 0.954. The highest BCUT2D eigenvalue weighted by molar-refractivity contribution is 7.25. The van der Waals surface area contributed by atoms with E-state index >= 15 is 0 Å². The standard InChI is InChI=1S/C60H42N2S/c1-60(2,3)42-23-27-43(28-24-42)61(57-35-54-48-17-9-12-20-58(48)63-59(54)36-49(57)37-13-5-4-6-14-37)44-25-21-38-31-50-52(33-40(38)29-44)51-32-39-22-26-45(30-41(39)34-53(50)51)62-55-18-10-7-15-46(55)47-16-8-11-19-56(47)62/h4-36H,1-3H3. The van der Waals surface area contributed by atoms with Crippen molar-refractivity contribution in [1.82, 2.24) is 4.57 Å². The second-order valence-corrected chi connectivity index (χ2v) is 19.3. The van der Waals surface area contributed by atoms with Crippen LogP contribution in [0.1, 0.15) is 26.3 Å². The van der Waals surface area contributed by atoms with E-state index in [0.717, 1.165) is 11.4 Å². The lowest BCUT2D eigenvalue weighted by molar-refractivity contribution is 0.590. The maximum atomic E-state index is 2.48. The number of fused-ring (bicyclic) bond motifs is 12. The van der Waals surface area contributed by atoms with Crippen LogP contribution in [0.15, 0.2) is 200 Å². The Morgan fingerprint density at radius 1 is 0.397 bits per heavy atom. The maximum absolute atomic E-state index is 2.48. The van der Waals surface area contributed by atoms with Gasteiger partial charge in [-0.05, 0) is 151 Å². The lowest BCUT2D eigenvalue weighted by Gasteiger charge is -2.30. The quantitative estimate of drug-likeness (QED) is 0.168. The van der Waals surface area contributed by atoms with Gasteiger partial charge < -0.3 is 9.47 Å². The summed E-state index contributed by atoms with van der Waals surface area (Å²) in [5.74, 6) is 0. The minimum absolute atomic E-state index is 0.0497. The van der Waals surface area contributed by atoms with Gasteiger partial charge in [-0.2, -0.15) is 0 Å². The van der Waals surface area contributed by atoms with Gasteiger partial charge in [0.2, 0.25) is 0 Å². The summed E-state index contributed by atoms with van der Waals surface area (Å²) in [6, 6.07) is 74.9. The Hall–Kier alpha value is -7.46. The molecule has 0 saturated heterocycles. The second kappa shape index (κ2) is 13.5. The third-order valence-corrected chi connectivity index (χ3v) is 14.5. The molecule has 0 spiro atoms. The predicted molar refractivity (Wildman–Crippen MR) is 272 cm³/mol. The minimum Gasteiger partial charge on any atom is -0.310 e. The summed E-state index contributed by atoms with van der Waals surface area (Å²) < 4.78 is 5.02. The number of benzene rings is 10. The van der Waals surface area contributed by atoms with Crippen LogP contribution < -0.4 is 4.90 Å². The van der Waals surface area contributed by atoms with Crippen LogP contribution in [0.3, 0.4) is 0 Å². The molecule has 0 saturated carbocycles. The molecule has 0 bridgehead atoms. The van der Waals surface area contributed by atoms with E-state index in [0.29, 0.717) is 0 Å². The SMILES string of the molecule is CC(C)(C)c1ccc(N(c2ccc3cc4c(cc3c2)-c2cc3ccc(-n5c6ccccc6c6ccccc65)cc3cc2-4)c2cc3c(cc2-c2ccccc2)sc2ccccc23)cc1.